The molecule has 0 aliphatic carbocycles. The number of hydrogen-bond donors (Lipinski definition) is 4. The Kier molecular flexibility index (Phi) is 3.21. The van der Waals surface area contributed by atoms with Crippen LogP contribution in [-0.4, -0.2) is 52.8 Å². The van der Waals surface area contributed by atoms with Gasteiger partial charge in [-0.1, -0.05) is 0 Å². The molecule has 6 nitrogen and oxygen atoms in total. The summed E-state index contributed by atoms with van der Waals surface area (Å²) in [6.45, 7) is -0.470. The van der Waals surface area contributed by atoms with Gasteiger partial charge in [-0.3, -0.25) is 4.79 Å². The molecule has 0 aromatic heterocycles. The molecule has 0 aromatic carbocycles. The first-order chi connectivity index (χ1) is 6.07. The predicted octanol–water partition coefficient (Wildman–Crippen LogP) is -2.80. The summed E-state index contributed by atoms with van der Waals surface area (Å²) in [5.41, 5.74) is 4.95. The van der Waals surface area contributed by atoms with E-state index in [9.17, 15) is 15.0 Å². The second kappa shape index (κ2) is 4.01. The summed E-state index contributed by atoms with van der Waals surface area (Å²) >= 11 is 0. The molecule has 0 saturated carbocycles. The molecule has 0 bridgehead atoms. The van der Waals surface area contributed by atoms with Crippen molar-refractivity contribution in [3.05, 3.63) is 0 Å². The molecule has 5 N–H and O–H groups in total. The number of carbonyl (C=O) groups is 1. The minimum absolute atomic E-state index is 0.0706. The summed E-state index contributed by atoms with van der Waals surface area (Å²) in [7, 11) is 0. The van der Waals surface area contributed by atoms with Crippen LogP contribution in [0.5, 0.6) is 0 Å². The second-order valence-electron chi connectivity index (χ2n) is 3.04. The first-order valence-corrected chi connectivity index (χ1v) is 3.95. The molecule has 1 amide bonds. The van der Waals surface area contributed by atoms with E-state index in [0.717, 1.165) is 0 Å². The molecular formula is C7H13NO5. The molecule has 0 spiro atoms. The standard InChI is InChI=1S/C7H13NO5/c8-7(12)3-2-13-4(1-9)6(11)5(3)10/h3-6,9-11H,1-2H2,(H2,8,12)/t3-,4-,5-,6-/m1/s1. The molecule has 4 atom stereocenters. The van der Waals surface area contributed by atoms with Crippen LogP contribution in [0.2, 0.25) is 0 Å². The van der Waals surface area contributed by atoms with Crippen LogP contribution in [0.4, 0.5) is 0 Å². The molecule has 76 valence electrons. The van der Waals surface area contributed by atoms with Crippen LogP contribution >= 0.6 is 0 Å². The van der Waals surface area contributed by atoms with Gasteiger partial charge in [0.25, 0.3) is 0 Å². The maximum atomic E-state index is 10.7. The molecule has 0 aromatic rings. The predicted molar refractivity (Wildman–Crippen MR) is 41.5 cm³/mol. The average Bonchev–Trinajstić information content (AvgIpc) is 2.09. The lowest BCUT2D eigenvalue weighted by molar-refractivity contribution is -0.179. The Morgan fingerprint density at radius 3 is 2.54 bits per heavy atom. The number of carbonyl (C=O) groups excluding carboxylic acids is 1. The van der Waals surface area contributed by atoms with E-state index in [1.807, 2.05) is 0 Å². The summed E-state index contributed by atoms with van der Waals surface area (Å²) in [5, 5.41) is 27.4. The van der Waals surface area contributed by atoms with Crippen LogP contribution in [0.25, 0.3) is 0 Å². The Labute approximate surface area is 74.9 Å². The highest BCUT2D eigenvalue weighted by molar-refractivity contribution is 5.77. The van der Waals surface area contributed by atoms with Gasteiger partial charge in [0.1, 0.15) is 12.2 Å². The van der Waals surface area contributed by atoms with Gasteiger partial charge in [0, 0.05) is 0 Å². The van der Waals surface area contributed by atoms with Crippen molar-refractivity contribution >= 4 is 5.91 Å². The Morgan fingerprint density at radius 2 is 2.08 bits per heavy atom. The van der Waals surface area contributed by atoms with E-state index >= 15 is 0 Å². The van der Waals surface area contributed by atoms with Gasteiger partial charge in [0.05, 0.1) is 25.2 Å². The van der Waals surface area contributed by atoms with E-state index in [1.165, 1.54) is 0 Å². The van der Waals surface area contributed by atoms with Crippen LogP contribution in [0.1, 0.15) is 0 Å². The molecule has 13 heavy (non-hydrogen) atoms. The van der Waals surface area contributed by atoms with Gasteiger partial charge in [0.2, 0.25) is 5.91 Å². The summed E-state index contributed by atoms with van der Waals surface area (Å²) in [5.74, 6) is -1.62. The number of hydrogen-bond acceptors (Lipinski definition) is 5. The summed E-state index contributed by atoms with van der Waals surface area (Å²) in [4.78, 5) is 10.7. The largest absolute Gasteiger partial charge is 0.394 e. The third-order valence-corrected chi connectivity index (χ3v) is 2.18. The molecule has 1 heterocycles. The molecule has 1 aliphatic heterocycles. The third-order valence-electron chi connectivity index (χ3n) is 2.18. The van der Waals surface area contributed by atoms with Gasteiger partial charge < -0.3 is 25.8 Å². The van der Waals surface area contributed by atoms with Gasteiger partial charge in [-0.15, -0.1) is 0 Å². The van der Waals surface area contributed by atoms with Crippen LogP contribution in [-0.2, 0) is 9.53 Å². The van der Waals surface area contributed by atoms with Crippen molar-refractivity contribution in [1.29, 1.82) is 0 Å². The van der Waals surface area contributed by atoms with E-state index in [2.05, 4.69) is 0 Å². The van der Waals surface area contributed by atoms with E-state index in [-0.39, 0.29) is 6.61 Å². The lowest BCUT2D eigenvalue weighted by Gasteiger charge is -2.35. The fourth-order valence-corrected chi connectivity index (χ4v) is 1.29. The van der Waals surface area contributed by atoms with Crippen molar-refractivity contribution in [3.8, 4) is 0 Å². The van der Waals surface area contributed by atoms with Gasteiger partial charge in [-0.05, 0) is 0 Å². The fraction of sp³-hybridized carbons (Fsp3) is 0.857. The second-order valence-corrected chi connectivity index (χ2v) is 3.04. The normalized spacial score (nSPS) is 40.2. The zero-order chi connectivity index (χ0) is 10.0. The smallest absolute Gasteiger partial charge is 0.225 e. The lowest BCUT2D eigenvalue weighted by atomic mass is 9.92. The minimum Gasteiger partial charge on any atom is -0.394 e. The first kappa shape index (κ1) is 10.4. The van der Waals surface area contributed by atoms with Crippen LogP contribution in [0.3, 0.4) is 0 Å². The van der Waals surface area contributed by atoms with E-state index in [0.29, 0.717) is 0 Å². The van der Waals surface area contributed by atoms with Crippen LogP contribution < -0.4 is 5.73 Å². The Morgan fingerprint density at radius 1 is 1.46 bits per heavy atom. The van der Waals surface area contributed by atoms with E-state index in [4.69, 9.17) is 15.6 Å². The van der Waals surface area contributed by atoms with Crippen molar-refractivity contribution in [2.45, 2.75) is 18.3 Å². The zero-order valence-corrected chi connectivity index (χ0v) is 6.96. The Hall–Kier alpha value is -0.690. The highest BCUT2D eigenvalue weighted by atomic mass is 16.5. The highest BCUT2D eigenvalue weighted by Crippen LogP contribution is 2.19. The molecule has 6 heteroatoms. The number of aliphatic hydroxyl groups excluding tert-OH is 3. The summed E-state index contributed by atoms with van der Waals surface area (Å²) < 4.78 is 4.92. The molecule has 1 rings (SSSR count). The fourth-order valence-electron chi connectivity index (χ4n) is 1.29. The van der Waals surface area contributed by atoms with E-state index in [1.54, 1.807) is 0 Å². The van der Waals surface area contributed by atoms with Crippen molar-refractivity contribution < 1.29 is 24.9 Å². The number of nitrogens with two attached hydrogens (primary N) is 1. The summed E-state index contributed by atoms with van der Waals surface area (Å²) in [6, 6.07) is 0. The van der Waals surface area contributed by atoms with Gasteiger partial charge in [-0.25, -0.2) is 0 Å². The van der Waals surface area contributed by atoms with Gasteiger partial charge >= 0.3 is 0 Å². The number of aliphatic hydroxyl groups is 3. The van der Waals surface area contributed by atoms with E-state index < -0.39 is 36.7 Å². The van der Waals surface area contributed by atoms with Crippen LogP contribution in [0.15, 0.2) is 0 Å². The molecule has 1 fully saturated rings. The number of rotatable bonds is 2. The van der Waals surface area contributed by atoms with Crippen molar-refractivity contribution in [1.82, 2.24) is 0 Å². The molecule has 1 saturated heterocycles. The molecule has 1 aliphatic rings. The third kappa shape index (κ3) is 1.97. The maximum absolute atomic E-state index is 10.7. The molecular weight excluding hydrogens is 178 g/mol. The number of primary amides is 1. The van der Waals surface area contributed by atoms with Crippen LogP contribution in [0, 0.1) is 5.92 Å². The van der Waals surface area contributed by atoms with Crippen molar-refractivity contribution in [2.75, 3.05) is 13.2 Å². The van der Waals surface area contributed by atoms with Gasteiger partial charge in [-0.2, -0.15) is 0 Å². The number of amides is 1. The van der Waals surface area contributed by atoms with Crippen molar-refractivity contribution in [3.63, 3.8) is 0 Å². The Balaban J connectivity index is 2.64. The maximum Gasteiger partial charge on any atom is 0.225 e. The quantitative estimate of drug-likeness (QED) is 0.376. The molecule has 0 radical (unpaired) electrons. The van der Waals surface area contributed by atoms with Gasteiger partial charge in [0.15, 0.2) is 0 Å². The van der Waals surface area contributed by atoms with Crippen molar-refractivity contribution in [2.24, 2.45) is 11.7 Å². The number of ether oxygens (including phenoxy) is 1. The minimum atomic E-state index is -1.27. The molecule has 0 unspecified atom stereocenters. The lowest BCUT2D eigenvalue weighted by Crippen LogP contribution is -2.54. The Bertz CT molecular complexity index is 197. The SMILES string of the molecule is NC(=O)[C@@H]1CO[C@H](CO)[C@@H](O)[C@@H]1O. The zero-order valence-electron chi connectivity index (χ0n) is 6.96. The first-order valence-electron chi connectivity index (χ1n) is 3.95. The average molecular weight is 191 g/mol. The summed E-state index contributed by atoms with van der Waals surface area (Å²) in [6.07, 6.45) is -3.37. The monoisotopic (exact) mass is 191 g/mol. The topological polar surface area (TPSA) is 113 Å². The highest BCUT2D eigenvalue weighted by Gasteiger charge is 2.40.